The summed E-state index contributed by atoms with van der Waals surface area (Å²) < 4.78 is 0. The first-order valence-electron chi connectivity index (χ1n) is 11.5. The smallest absolute Gasteiger partial charge is 0.226 e. The van der Waals surface area contributed by atoms with E-state index in [0.29, 0.717) is 23.3 Å². The number of carbonyl (C=O) groups excluding carboxylic acids is 1. The number of amides is 1. The van der Waals surface area contributed by atoms with Gasteiger partial charge in [-0.05, 0) is 93.7 Å². The molecule has 0 radical (unpaired) electrons. The molecule has 0 aromatic carbocycles. The predicted molar refractivity (Wildman–Crippen MR) is 116 cm³/mol. The molecule has 154 valence electrons. The van der Waals surface area contributed by atoms with Crippen molar-refractivity contribution in [2.45, 2.75) is 77.7 Å². The van der Waals surface area contributed by atoms with Crippen LogP contribution in [-0.4, -0.2) is 25.0 Å². The average molecular weight is 383 g/mol. The Balaban J connectivity index is 1.61. The normalized spacial score (nSPS) is 40.4. The highest BCUT2D eigenvalue weighted by Gasteiger charge is 2.65. The molecule has 5 rings (SSSR count). The Labute approximate surface area is 171 Å². The van der Waals surface area contributed by atoms with Gasteiger partial charge in [-0.2, -0.15) is 0 Å². The molecule has 3 heteroatoms. The zero-order chi connectivity index (χ0) is 19.8. The summed E-state index contributed by atoms with van der Waals surface area (Å²) in [7, 11) is 0. The van der Waals surface area contributed by atoms with E-state index in [1.165, 1.54) is 31.3 Å². The summed E-state index contributed by atoms with van der Waals surface area (Å²) in [6.45, 7) is 11.0. The minimum atomic E-state index is -0.169. The van der Waals surface area contributed by atoms with Crippen molar-refractivity contribution >= 4 is 5.91 Å². The Bertz CT molecular complexity index is 689. The Hall–Kier alpha value is -1.35. The first-order chi connectivity index (χ1) is 13.4. The fraction of sp³-hybridized carbons (Fsp3) is 0.720. The van der Waals surface area contributed by atoms with Crippen molar-refractivity contribution in [3.8, 4) is 0 Å². The number of piperidine rings is 1. The molecule has 4 atom stereocenters. The summed E-state index contributed by atoms with van der Waals surface area (Å²) >= 11 is 0. The molecule has 4 saturated carbocycles. The first kappa shape index (κ1) is 19.9. The van der Waals surface area contributed by atoms with Crippen LogP contribution in [0.1, 0.15) is 71.6 Å². The van der Waals surface area contributed by atoms with E-state index < -0.39 is 0 Å². The number of rotatable bonds is 6. The molecule has 1 saturated heterocycles. The number of hydrogen-bond donors (Lipinski definition) is 2. The molecule has 4 bridgehead atoms. The molecule has 4 aliphatic carbocycles. The summed E-state index contributed by atoms with van der Waals surface area (Å²) in [5.74, 6) is 1.04. The van der Waals surface area contributed by atoms with Crippen LogP contribution >= 0.6 is 0 Å². The zero-order valence-corrected chi connectivity index (χ0v) is 17.9. The van der Waals surface area contributed by atoms with Crippen LogP contribution in [0, 0.1) is 22.2 Å². The molecule has 1 heterocycles. The van der Waals surface area contributed by atoms with E-state index in [1.54, 1.807) is 0 Å². The number of carbonyl (C=O) groups is 1. The molecule has 1 aliphatic heterocycles. The minimum absolute atomic E-state index is 0.124. The monoisotopic (exact) mass is 382 g/mol. The van der Waals surface area contributed by atoms with Crippen molar-refractivity contribution < 1.29 is 4.79 Å². The predicted octanol–water partition coefficient (Wildman–Crippen LogP) is 4.91. The topological polar surface area (TPSA) is 41.1 Å². The number of allylic oxidation sites excluding steroid dienone is 5. The third-order valence-electron chi connectivity index (χ3n) is 8.37. The van der Waals surface area contributed by atoms with Crippen molar-refractivity contribution in [2.24, 2.45) is 22.2 Å². The van der Waals surface area contributed by atoms with Gasteiger partial charge in [0.2, 0.25) is 5.91 Å². The number of nitrogens with one attached hydrogen (secondary N) is 2. The van der Waals surface area contributed by atoms with Gasteiger partial charge in [0.05, 0.1) is 5.41 Å². The third-order valence-corrected chi connectivity index (χ3v) is 8.37. The Morgan fingerprint density at radius 3 is 2.54 bits per heavy atom. The van der Waals surface area contributed by atoms with Gasteiger partial charge in [-0.1, -0.05) is 44.2 Å². The summed E-state index contributed by atoms with van der Waals surface area (Å²) in [6, 6.07) is 0.355. The maximum absolute atomic E-state index is 13.7. The van der Waals surface area contributed by atoms with E-state index in [9.17, 15) is 4.79 Å². The fourth-order valence-corrected chi connectivity index (χ4v) is 7.41. The molecule has 2 unspecified atom stereocenters. The molecule has 5 aliphatic rings. The fourth-order valence-electron chi connectivity index (χ4n) is 7.41. The summed E-state index contributed by atoms with van der Waals surface area (Å²) in [5, 5.41) is 6.90. The summed E-state index contributed by atoms with van der Waals surface area (Å²) in [6.07, 6.45) is 18.8. The standard InChI is InChI=1S/C25H38N2O/c1-4-6-7-8-19(3)24-14-20-13-23(5-2,16-24)17-25(15-20,18-24)22(28)27-21-9-11-26-12-10-21/h4,6-8,20-21,26H,3,5,9-18H2,1-2H3,(H,27,28)/b6-4-,8-7-/t20?,23-,24-,25?/m1/s1. The van der Waals surface area contributed by atoms with Crippen LogP contribution in [0.3, 0.4) is 0 Å². The van der Waals surface area contributed by atoms with Gasteiger partial charge in [0.1, 0.15) is 0 Å². The second kappa shape index (κ2) is 7.48. The largest absolute Gasteiger partial charge is 0.353 e. The van der Waals surface area contributed by atoms with Gasteiger partial charge in [-0.15, -0.1) is 0 Å². The molecule has 0 aromatic rings. The van der Waals surface area contributed by atoms with Gasteiger partial charge in [0.15, 0.2) is 0 Å². The highest BCUT2D eigenvalue weighted by atomic mass is 16.2. The summed E-state index contributed by atoms with van der Waals surface area (Å²) in [5.41, 5.74) is 1.55. The second-order valence-corrected chi connectivity index (χ2v) is 10.3. The average Bonchev–Trinajstić information content (AvgIpc) is 2.68. The maximum atomic E-state index is 13.7. The molecule has 0 aromatic heterocycles. The van der Waals surface area contributed by atoms with E-state index in [0.717, 1.165) is 45.2 Å². The molecule has 0 spiro atoms. The van der Waals surface area contributed by atoms with Crippen LogP contribution in [0.5, 0.6) is 0 Å². The van der Waals surface area contributed by atoms with Gasteiger partial charge < -0.3 is 10.6 Å². The SMILES string of the molecule is C=C(/C=C\C=C/C)[C@]12CC3CC(C(=O)NC4CCNCC4)(C[C@](CC)(C3)C1)C2. The van der Waals surface area contributed by atoms with Crippen LogP contribution in [0.4, 0.5) is 0 Å². The van der Waals surface area contributed by atoms with Crippen molar-refractivity contribution in [3.05, 3.63) is 36.5 Å². The third kappa shape index (κ3) is 3.40. The first-order valence-corrected chi connectivity index (χ1v) is 11.5. The lowest BCUT2D eigenvalue weighted by molar-refractivity contribution is -0.170. The lowest BCUT2D eigenvalue weighted by Crippen LogP contribution is -2.62. The van der Waals surface area contributed by atoms with Crippen LogP contribution in [0.15, 0.2) is 36.5 Å². The lowest BCUT2D eigenvalue weighted by atomic mass is 9.37. The molecule has 1 amide bonds. The van der Waals surface area contributed by atoms with Gasteiger partial charge >= 0.3 is 0 Å². The van der Waals surface area contributed by atoms with Crippen LogP contribution in [0.25, 0.3) is 0 Å². The minimum Gasteiger partial charge on any atom is -0.353 e. The zero-order valence-electron chi connectivity index (χ0n) is 17.9. The maximum Gasteiger partial charge on any atom is 0.226 e. The molecule has 2 N–H and O–H groups in total. The Morgan fingerprint density at radius 1 is 1.11 bits per heavy atom. The Morgan fingerprint density at radius 2 is 1.82 bits per heavy atom. The van der Waals surface area contributed by atoms with Crippen molar-refractivity contribution in [2.75, 3.05) is 13.1 Å². The molecule has 28 heavy (non-hydrogen) atoms. The van der Waals surface area contributed by atoms with E-state index in [-0.39, 0.29) is 10.8 Å². The van der Waals surface area contributed by atoms with Gasteiger partial charge in [0.25, 0.3) is 0 Å². The van der Waals surface area contributed by atoms with E-state index in [2.05, 4.69) is 48.4 Å². The molecule has 5 fully saturated rings. The van der Waals surface area contributed by atoms with Gasteiger partial charge in [-0.25, -0.2) is 0 Å². The lowest BCUT2D eigenvalue weighted by Gasteiger charge is -2.66. The van der Waals surface area contributed by atoms with Crippen LogP contribution in [-0.2, 0) is 4.79 Å². The van der Waals surface area contributed by atoms with Crippen LogP contribution < -0.4 is 10.6 Å². The quantitative estimate of drug-likeness (QED) is 0.641. The molecular weight excluding hydrogens is 344 g/mol. The van der Waals surface area contributed by atoms with E-state index >= 15 is 0 Å². The highest BCUT2D eigenvalue weighted by Crippen LogP contribution is 2.72. The molecular formula is C25H38N2O. The second-order valence-electron chi connectivity index (χ2n) is 10.3. The van der Waals surface area contributed by atoms with Gasteiger partial charge in [-0.3, -0.25) is 4.79 Å². The van der Waals surface area contributed by atoms with Crippen LogP contribution in [0.2, 0.25) is 0 Å². The molecule has 3 nitrogen and oxygen atoms in total. The highest BCUT2D eigenvalue weighted by molar-refractivity contribution is 5.84. The summed E-state index contributed by atoms with van der Waals surface area (Å²) in [4.78, 5) is 13.7. The number of hydrogen-bond acceptors (Lipinski definition) is 2. The van der Waals surface area contributed by atoms with Gasteiger partial charge in [0, 0.05) is 6.04 Å². The van der Waals surface area contributed by atoms with E-state index in [4.69, 9.17) is 0 Å². The van der Waals surface area contributed by atoms with Crippen molar-refractivity contribution in [1.29, 1.82) is 0 Å². The van der Waals surface area contributed by atoms with Crippen molar-refractivity contribution in [1.82, 2.24) is 10.6 Å². The van der Waals surface area contributed by atoms with Crippen molar-refractivity contribution in [3.63, 3.8) is 0 Å². The Kier molecular flexibility index (Phi) is 5.33. The van der Waals surface area contributed by atoms with E-state index in [1.807, 2.05) is 6.92 Å².